The largest absolute Gasteiger partial charge is 0.165 e. The van der Waals surface area contributed by atoms with Crippen molar-refractivity contribution in [3.05, 3.63) is 34.9 Å². The van der Waals surface area contributed by atoms with Crippen LogP contribution in [0.5, 0.6) is 0 Å². The summed E-state index contributed by atoms with van der Waals surface area (Å²) in [5, 5.41) is 0.818. The Morgan fingerprint density at radius 3 is 2.45 bits per heavy atom. The summed E-state index contributed by atoms with van der Waals surface area (Å²) in [5.74, 6) is 1.18. The fourth-order valence-corrected chi connectivity index (χ4v) is 1.44. The molecule has 1 aromatic carbocycles. The van der Waals surface area contributed by atoms with Gasteiger partial charge >= 0.3 is 0 Å². The van der Waals surface area contributed by atoms with Gasteiger partial charge in [0.25, 0.3) is 0 Å². The Balaban J connectivity index is 2.52. The van der Waals surface area contributed by atoms with E-state index < -0.39 is 0 Å². The van der Waals surface area contributed by atoms with E-state index in [1.165, 1.54) is 11.3 Å². The molecular formula is C9H11ClS. The predicted molar refractivity (Wildman–Crippen MR) is 53.5 cm³/mol. The minimum atomic E-state index is 0.818. The summed E-state index contributed by atoms with van der Waals surface area (Å²) in [6.07, 6.45) is 3.26. The first-order chi connectivity index (χ1) is 5.33. The number of aryl methyl sites for hydroxylation is 1. The Morgan fingerprint density at radius 2 is 1.91 bits per heavy atom. The molecule has 0 bridgehead atoms. The van der Waals surface area contributed by atoms with E-state index in [9.17, 15) is 0 Å². The first kappa shape index (κ1) is 8.95. The molecule has 0 aliphatic rings. The third-order valence-electron chi connectivity index (χ3n) is 1.51. The monoisotopic (exact) mass is 186 g/mol. The van der Waals surface area contributed by atoms with Crippen molar-refractivity contribution in [2.45, 2.75) is 6.42 Å². The van der Waals surface area contributed by atoms with Gasteiger partial charge in [-0.1, -0.05) is 23.7 Å². The van der Waals surface area contributed by atoms with Crippen LogP contribution in [-0.4, -0.2) is 12.0 Å². The summed E-state index contributed by atoms with van der Waals surface area (Å²) < 4.78 is 0. The molecule has 0 nitrogen and oxygen atoms in total. The Kier molecular flexibility index (Phi) is 3.81. The quantitative estimate of drug-likeness (QED) is 0.699. The summed E-state index contributed by atoms with van der Waals surface area (Å²) in [7, 11) is 0. The zero-order valence-corrected chi connectivity index (χ0v) is 8.08. The topological polar surface area (TPSA) is 0 Å². The van der Waals surface area contributed by atoms with Gasteiger partial charge in [0.15, 0.2) is 0 Å². The lowest BCUT2D eigenvalue weighted by Crippen LogP contribution is -1.86. The Bertz CT molecular complexity index is 205. The third kappa shape index (κ3) is 3.17. The maximum atomic E-state index is 5.74. The predicted octanol–water partition coefficient (Wildman–Crippen LogP) is 3.25. The summed E-state index contributed by atoms with van der Waals surface area (Å²) in [4.78, 5) is 0. The molecule has 0 aliphatic carbocycles. The molecular weight excluding hydrogens is 176 g/mol. The van der Waals surface area contributed by atoms with Crippen molar-refractivity contribution in [2.75, 3.05) is 12.0 Å². The highest BCUT2D eigenvalue weighted by Crippen LogP contribution is 2.10. The first-order valence-electron chi connectivity index (χ1n) is 3.56. The van der Waals surface area contributed by atoms with Gasteiger partial charge in [-0.15, -0.1) is 0 Å². The minimum absolute atomic E-state index is 0.818. The molecule has 2 heteroatoms. The molecule has 0 atom stereocenters. The standard InChI is InChI=1S/C9H11ClS/c1-11-7-6-8-2-4-9(10)5-3-8/h2-5H,6-7H2,1H3. The molecule has 0 aromatic heterocycles. The Morgan fingerprint density at radius 1 is 1.27 bits per heavy atom. The fraction of sp³-hybridized carbons (Fsp3) is 0.333. The van der Waals surface area contributed by atoms with E-state index in [1.54, 1.807) is 0 Å². The lowest BCUT2D eigenvalue weighted by Gasteiger charge is -1.98. The molecule has 11 heavy (non-hydrogen) atoms. The minimum Gasteiger partial charge on any atom is -0.165 e. The molecule has 0 N–H and O–H groups in total. The summed E-state index contributed by atoms with van der Waals surface area (Å²) in [6.45, 7) is 0. The molecule has 60 valence electrons. The van der Waals surface area contributed by atoms with Crippen LogP contribution in [0.3, 0.4) is 0 Å². The molecule has 0 radical (unpaired) electrons. The highest BCUT2D eigenvalue weighted by Gasteiger charge is 1.91. The van der Waals surface area contributed by atoms with Gasteiger partial charge in [-0.25, -0.2) is 0 Å². The first-order valence-corrected chi connectivity index (χ1v) is 5.33. The number of rotatable bonds is 3. The van der Waals surface area contributed by atoms with Crippen molar-refractivity contribution < 1.29 is 0 Å². The molecule has 1 rings (SSSR count). The number of hydrogen-bond acceptors (Lipinski definition) is 1. The van der Waals surface area contributed by atoms with E-state index in [-0.39, 0.29) is 0 Å². The van der Waals surface area contributed by atoms with Crippen molar-refractivity contribution >= 4 is 23.4 Å². The zero-order chi connectivity index (χ0) is 8.10. The van der Waals surface area contributed by atoms with Crippen molar-refractivity contribution in [3.8, 4) is 0 Å². The Labute approximate surface area is 77.0 Å². The summed E-state index contributed by atoms with van der Waals surface area (Å²) in [6, 6.07) is 8.05. The van der Waals surface area contributed by atoms with Gasteiger partial charge in [0.1, 0.15) is 0 Å². The zero-order valence-electron chi connectivity index (χ0n) is 6.51. The van der Waals surface area contributed by atoms with Crippen LogP contribution in [0, 0.1) is 0 Å². The van der Waals surface area contributed by atoms with Gasteiger partial charge in [-0.3, -0.25) is 0 Å². The fourth-order valence-electron chi connectivity index (χ4n) is 0.871. The average Bonchev–Trinajstić information content (AvgIpc) is 2.04. The van der Waals surface area contributed by atoms with E-state index >= 15 is 0 Å². The van der Waals surface area contributed by atoms with Gasteiger partial charge in [-0.2, -0.15) is 11.8 Å². The van der Waals surface area contributed by atoms with E-state index in [2.05, 4.69) is 18.4 Å². The number of halogens is 1. The van der Waals surface area contributed by atoms with E-state index in [4.69, 9.17) is 11.6 Å². The maximum Gasteiger partial charge on any atom is 0.0406 e. The molecule has 0 amide bonds. The number of hydrogen-bond donors (Lipinski definition) is 0. The highest BCUT2D eigenvalue weighted by molar-refractivity contribution is 7.98. The van der Waals surface area contributed by atoms with E-state index in [0.717, 1.165) is 11.4 Å². The van der Waals surface area contributed by atoms with Gasteiger partial charge in [0.2, 0.25) is 0 Å². The second-order valence-corrected chi connectivity index (χ2v) is 3.79. The lowest BCUT2D eigenvalue weighted by molar-refractivity contribution is 1.16. The smallest absolute Gasteiger partial charge is 0.0406 e. The number of thioether (sulfide) groups is 1. The molecule has 0 spiro atoms. The molecule has 1 aromatic rings. The highest BCUT2D eigenvalue weighted by atomic mass is 35.5. The molecule has 0 unspecified atom stereocenters. The van der Waals surface area contributed by atoms with Crippen LogP contribution in [-0.2, 0) is 6.42 Å². The van der Waals surface area contributed by atoms with Crippen LogP contribution in [0.25, 0.3) is 0 Å². The van der Waals surface area contributed by atoms with Gasteiger partial charge in [0.05, 0.1) is 0 Å². The summed E-state index contributed by atoms with van der Waals surface area (Å²) >= 11 is 7.61. The lowest BCUT2D eigenvalue weighted by atomic mass is 10.2. The molecule has 0 saturated heterocycles. The van der Waals surface area contributed by atoms with Crippen LogP contribution < -0.4 is 0 Å². The molecule has 0 heterocycles. The molecule has 0 fully saturated rings. The van der Waals surface area contributed by atoms with Crippen LogP contribution in [0.15, 0.2) is 24.3 Å². The van der Waals surface area contributed by atoms with Crippen LogP contribution in [0.1, 0.15) is 5.56 Å². The van der Waals surface area contributed by atoms with Gasteiger partial charge in [-0.05, 0) is 36.1 Å². The maximum absolute atomic E-state index is 5.74. The van der Waals surface area contributed by atoms with Crippen LogP contribution in [0.4, 0.5) is 0 Å². The van der Waals surface area contributed by atoms with Crippen molar-refractivity contribution in [2.24, 2.45) is 0 Å². The van der Waals surface area contributed by atoms with Crippen LogP contribution >= 0.6 is 23.4 Å². The van der Waals surface area contributed by atoms with Crippen LogP contribution in [0.2, 0.25) is 5.02 Å². The van der Waals surface area contributed by atoms with Crippen molar-refractivity contribution in [3.63, 3.8) is 0 Å². The average molecular weight is 187 g/mol. The second-order valence-electron chi connectivity index (χ2n) is 2.37. The third-order valence-corrected chi connectivity index (χ3v) is 2.37. The van der Waals surface area contributed by atoms with E-state index in [0.29, 0.717) is 0 Å². The second kappa shape index (κ2) is 4.68. The molecule has 0 aliphatic heterocycles. The van der Waals surface area contributed by atoms with Crippen molar-refractivity contribution in [1.82, 2.24) is 0 Å². The molecule has 0 saturated carbocycles. The Hall–Kier alpha value is -0.140. The van der Waals surface area contributed by atoms with Gasteiger partial charge in [0, 0.05) is 5.02 Å². The van der Waals surface area contributed by atoms with Gasteiger partial charge < -0.3 is 0 Å². The SMILES string of the molecule is CSCCc1ccc(Cl)cc1. The summed E-state index contributed by atoms with van der Waals surface area (Å²) in [5.41, 5.74) is 1.36. The van der Waals surface area contributed by atoms with Crippen molar-refractivity contribution in [1.29, 1.82) is 0 Å². The normalized spacial score (nSPS) is 10.0. The number of benzene rings is 1. The van der Waals surface area contributed by atoms with E-state index in [1.807, 2.05) is 23.9 Å².